The normalized spacial score (nSPS) is 10.3. The second-order valence-electron chi connectivity index (χ2n) is 4.63. The Morgan fingerprint density at radius 2 is 1.75 bits per heavy atom. The van der Waals surface area contributed by atoms with Crippen molar-refractivity contribution >= 4 is 11.7 Å². The first-order valence-corrected chi connectivity index (χ1v) is 5.99. The first-order chi connectivity index (χ1) is 9.38. The summed E-state index contributed by atoms with van der Waals surface area (Å²) in [5, 5.41) is 19.9. The van der Waals surface area contributed by atoms with Gasteiger partial charge in [-0.2, -0.15) is 0 Å². The van der Waals surface area contributed by atoms with Crippen LogP contribution in [0.2, 0.25) is 0 Å². The van der Waals surface area contributed by atoms with Crippen molar-refractivity contribution in [2.75, 3.05) is 0 Å². The summed E-state index contributed by atoms with van der Waals surface area (Å²) >= 11 is 0. The molecule has 0 amide bonds. The minimum absolute atomic E-state index is 0.0903. The number of nitro groups is 1. The topological polar surface area (TPSA) is 80.4 Å². The summed E-state index contributed by atoms with van der Waals surface area (Å²) in [6.45, 7) is 3.91. The van der Waals surface area contributed by atoms with Gasteiger partial charge < -0.3 is 5.11 Å². The zero-order chi connectivity index (χ0) is 14.9. The Hall–Kier alpha value is -2.69. The highest BCUT2D eigenvalue weighted by atomic mass is 16.6. The molecule has 0 heterocycles. The lowest BCUT2D eigenvalue weighted by Gasteiger charge is -2.07. The van der Waals surface area contributed by atoms with Crippen LogP contribution < -0.4 is 0 Å². The predicted octanol–water partition coefficient (Wildman–Crippen LogP) is 3.58. The zero-order valence-electron chi connectivity index (χ0n) is 11.1. The molecule has 5 nitrogen and oxygen atoms in total. The molecule has 1 N–H and O–H groups in total. The number of carbonyl (C=O) groups is 1. The maximum atomic E-state index is 11.1. The first-order valence-electron chi connectivity index (χ1n) is 5.99. The molecule has 2 rings (SSSR count). The van der Waals surface area contributed by atoms with Crippen molar-refractivity contribution in [2.45, 2.75) is 13.8 Å². The molecule has 0 saturated heterocycles. The Kier molecular flexibility index (Phi) is 3.52. The van der Waals surface area contributed by atoms with E-state index in [0.29, 0.717) is 5.56 Å². The number of aryl methyl sites for hydroxylation is 2. The number of benzene rings is 2. The summed E-state index contributed by atoms with van der Waals surface area (Å²) < 4.78 is 0. The molecule has 0 saturated carbocycles. The van der Waals surface area contributed by atoms with Crippen LogP contribution in [0.5, 0.6) is 0 Å². The van der Waals surface area contributed by atoms with Gasteiger partial charge in [-0.15, -0.1) is 0 Å². The van der Waals surface area contributed by atoms with E-state index >= 15 is 0 Å². The smallest absolute Gasteiger partial charge is 0.335 e. The third kappa shape index (κ3) is 2.66. The molecule has 0 radical (unpaired) electrons. The number of nitro benzene ring substituents is 1. The van der Waals surface area contributed by atoms with Crippen LogP contribution in [0.4, 0.5) is 5.69 Å². The average Bonchev–Trinajstić information content (AvgIpc) is 2.41. The SMILES string of the molecule is Cc1ccc(-c2cc(C(=O)O)cc([N+](=O)[O-])c2)cc1C. The zero-order valence-corrected chi connectivity index (χ0v) is 11.1. The summed E-state index contributed by atoms with van der Waals surface area (Å²) in [7, 11) is 0. The lowest BCUT2D eigenvalue weighted by Crippen LogP contribution is -1.99. The molecule has 102 valence electrons. The van der Waals surface area contributed by atoms with E-state index in [0.717, 1.165) is 22.8 Å². The van der Waals surface area contributed by atoms with Gasteiger partial charge in [0.25, 0.3) is 5.69 Å². The minimum Gasteiger partial charge on any atom is -0.478 e. The summed E-state index contributed by atoms with van der Waals surface area (Å²) in [5.41, 5.74) is 3.13. The van der Waals surface area contributed by atoms with Crippen molar-refractivity contribution in [1.82, 2.24) is 0 Å². The van der Waals surface area contributed by atoms with Crippen LogP contribution in [0, 0.1) is 24.0 Å². The van der Waals surface area contributed by atoms with E-state index in [1.165, 1.54) is 12.1 Å². The molecule has 2 aromatic carbocycles. The van der Waals surface area contributed by atoms with Crippen LogP contribution >= 0.6 is 0 Å². The molecule has 0 bridgehead atoms. The van der Waals surface area contributed by atoms with Crippen LogP contribution in [0.15, 0.2) is 36.4 Å². The fraction of sp³-hybridized carbons (Fsp3) is 0.133. The fourth-order valence-electron chi connectivity index (χ4n) is 1.93. The van der Waals surface area contributed by atoms with Crippen molar-refractivity contribution in [2.24, 2.45) is 0 Å². The summed E-state index contributed by atoms with van der Waals surface area (Å²) in [5.74, 6) is -1.18. The maximum absolute atomic E-state index is 11.1. The van der Waals surface area contributed by atoms with Gasteiger partial charge in [-0.1, -0.05) is 18.2 Å². The highest BCUT2D eigenvalue weighted by molar-refractivity contribution is 5.90. The molecule has 0 fully saturated rings. The van der Waals surface area contributed by atoms with Crippen LogP contribution in [0.1, 0.15) is 21.5 Å². The Bertz CT molecular complexity index is 675. The highest BCUT2D eigenvalue weighted by Crippen LogP contribution is 2.27. The van der Waals surface area contributed by atoms with E-state index < -0.39 is 10.9 Å². The molecular weight excluding hydrogens is 258 g/mol. The highest BCUT2D eigenvalue weighted by Gasteiger charge is 2.14. The molecule has 0 atom stereocenters. The lowest BCUT2D eigenvalue weighted by atomic mass is 9.98. The first kappa shape index (κ1) is 13.7. The molecule has 5 heteroatoms. The Morgan fingerprint density at radius 1 is 1.05 bits per heavy atom. The molecule has 0 aliphatic heterocycles. The maximum Gasteiger partial charge on any atom is 0.335 e. The van der Waals surface area contributed by atoms with Crippen LogP contribution in [0.25, 0.3) is 11.1 Å². The van der Waals surface area contributed by atoms with Crippen LogP contribution in [0.3, 0.4) is 0 Å². The van der Waals surface area contributed by atoms with Gasteiger partial charge in [0, 0.05) is 12.1 Å². The second-order valence-corrected chi connectivity index (χ2v) is 4.63. The Balaban J connectivity index is 2.63. The van der Waals surface area contributed by atoms with Crippen molar-refractivity contribution in [3.8, 4) is 11.1 Å². The average molecular weight is 271 g/mol. The minimum atomic E-state index is -1.18. The lowest BCUT2D eigenvalue weighted by molar-refractivity contribution is -0.384. The van der Waals surface area contributed by atoms with Gasteiger partial charge in [-0.05, 0) is 42.2 Å². The van der Waals surface area contributed by atoms with Gasteiger partial charge in [0.2, 0.25) is 0 Å². The van der Waals surface area contributed by atoms with Crippen molar-refractivity contribution in [1.29, 1.82) is 0 Å². The van der Waals surface area contributed by atoms with Crippen molar-refractivity contribution in [3.05, 3.63) is 63.2 Å². The largest absolute Gasteiger partial charge is 0.478 e. The van der Waals surface area contributed by atoms with Gasteiger partial charge in [-0.25, -0.2) is 4.79 Å². The molecule has 0 spiro atoms. The molecule has 20 heavy (non-hydrogen) atoms. The number of rotatable bonds is 3. The molecule has 0 aromatic heterocycles. The Labute approximate surface area is 115 Å². The van der Waals surface area contributed by atoms with E-state index in [1.54, 1.807) is 0 Å². The van der Waals surface area contributed by atoms with E-state index in [9.17, 15) is 14.9 Å². The molecule has 0 aliphatic rings. The molecule has 2 aromatic rings. The Morgan fingerprint density at radius 3 is 2.30 bits per heavy atom. The number of hydrogen-bond acceptors (Lipinski definition) is 3. The van der Waals surface area contributed by atoms with E-state index in [-0.39, 0.29) is 11.3 Å². The van der Waals surface area contributed by atoms with E-state index in [1.807, 2.05) is 32.0 Å². The van der Waals surface area contributed by atoms with Gasteiger partial charge >= 0.3 is 5.97 Å². The van der Waals surface area contributed by atoms with Crippen molar-refractivity contribution < 1.29 is 14.8 Å². The monoisotopic (exact) mass is 271 g/mol. The quantitative estimate of drug-likeness (QED) is 0.683. The number of carboxylic acids is 1. The number of non-ortho nitro benzene ring substituents is 1. The van der Waals surface area contributed by atoms with Gasteiger partial charge in [0.1, 0.15) is 0 Å². The summed E-state index contributed by atoms with van der Waals surface area (Å²) in [4.78, 5) is 21.4. The molecule has 0 aliphatic carbocycles. The van der Waals surface area contributed by atoms with Crippen LogP contribution in [-0.4, -0.2) is 16.0 Å². The number of nitrogens with zero attached hydrogens (tertiary/aromatic N) is 1. The second kappa shape index (κ2) is 5.13. The van der Waals surface area contributed by atoms with Gasteiger partial charge in [0.05, 0.1) is 10.5 Å². The number of hydrogen-bond donors (Lipinski definition) is 1. The molecule has 0 unspecified atom stereocenters. The number of carboxylic acid groups (broad SMARTS) is 1. The number of aromatic carboxylic acids is 1. The summed E-state index contributed by atoms with van der Waals surface area (Å²) in [6, 6.07) is 9.51. The molecular formula is C15H13NO4. The van der Waals surface area contributed by atoms with Crippen molar-refractivity contribution in [3.63, 3.8) is 0 Å². The van der Waals surface area contributed by atoms with Gasteiger partial charge in [0.15, 0.2) is 0 Å². The van der Waals surface area contributed by atoms with E-state index in [4.69, 9.17) is 5.11 Å². The summed E-state index contributed by atoms with van der Waals surface area (Å²) in [6.07, 6.45) is 0. The van der Waals surface area contributed by atoms with Crippen LogP contribution in [-0.2, 0) is 0 Å². The van der Waals surface area contributed by atoms with E-state index in [2.05, 4.69) is 0 Å². The standard InChI is InChI=1S/C15H13NO4/c1-9-3-4-11(5-10(9)2)12-6-13(15(17)18)8-14(7-12)16(19)20/h3-8H,1-2H3,(H,17,18). The fourth-order valence-corrected chi connectivity index (χ4v) is 1.93. The van der Waals surface area contributed by atoms with Gasteiger partial charge in [-0.3, -0.25) is 10.1 Å². The predicted molar refractivity (Wildman–Crippen MR) is 75.0 cm³/mol. The third-order valence-electron chi connectivity index (χ3n) is 3.22. The third-order valence-corrected chi connectivity index (χ3v) is 3.22.